The average molecular weight is 234 g/mol. The highest BCUT2D eigenvalue weighted by Crippen LogP contribution is 2.15. The van der Waals surface area contributed by atoms with Gasteiger partial charge in [0.2, 0.25) is 0 Å². The van der Waals surface area contributed by atoms with E-state index in [1.54, 1.807) is 18.2 Å². The SMILES string of the molecule is CCCCCCC(C#N)Nc1ccccc1F. The minimum Gasteiger partial charge on any atom is -0.367 e. The van der Waals surface area contributed by atoms with Crippen LogP contribution < -0.4 is 5.32 Å². The molecule has 1 unspecified atom stereocenters. The Balaban J connectivity index is 2.42. The van der Waals surface area contributed by atoms with E-state index in [2.05, 4.69) is 18.3 Å². The molecule has 17 heavy (non-hydrogen) atoms. The smallest absolute Gasteiger partial charge is 0.146 e. The number of para-hydroxylation sites is 1. The maximum Gasteiger partial charge on any atom is 0.146 e. The number of unbranched alkanes of at least 4 members (excludes halogenated alkanes) is 3. The number of benzene rings is 1. The van der Waals surface area contributed by atoms with Crippen LogP contribution in [-0.4, -0.2) is 6.04 Å². The van der Waals surface area contributed by atoms with Gasteiger partial charge in [-0.05, 0) is 18.6 Å². The average Bonchev–Trinajstić information content (AvgIpc) is 2.35. The third-order valence-corrected chi connectivity index (χ3v) is 2.71. The molecule has 1 aromatic rings. The van der Waals surface area contributed by atoms with Crippen LogP contribution in [-0.2, 0) is 0 Å². The second-order valence-electron chi connectivity index (χ2n) is 4.16. The van der Waals surface area contributed by atoms with Crippen LogP contribution >= 0.6 is 0 Å². The fraction of sp³-hybridized carbons (Fsp3) is 0.500. The van der Waals surface area contributed by atoms with Gasteiger partial charge < -0.3 is 5.32 Å². The normalized spacial score (nSPS) is 11.8. The van der Waals surface area contributed by atoms with Crippen LogP contribution in [0.25, 0.3) is 0 Å². The van der Waals surface area contributed by atoms with E-state index < -0.39 is 0 Å². The van der Waals surface area contributed by atoms with E-state index in [1.807, 2.05) is 0 Å². The Kier molecular flexibility index (Phi) is 6.09. The maximum atomic E-state index is 13.4. The fourth-order valence-corrected chi connectivity index (χ4v) is 1.71. The van der Waals surface area contributed by atoms with Gasteiger partial charge >= 0.3 is 0 Å². The molecule has 0 aromatic heterocycles. The number of nitrogens with zero attached hydrogens (tertiary/aromatic N) is 1. The summed E-state index contributed by atoms with van der Waals surface area (Å²) in [4.78, 5) is 0. The van der Waals surface area contributed by atoms with E-state index in [1.165, 1.54) is 18.9 Å². The van der Waals surface area contributed by atoms with E-state index in [0.717, 1.165) is 19.3 Å². The molecule has 0 spiro atoms. The maximum absolute atomic E-state index is 13.4. The minimum atomic E-state index is -0.304. The Hall–Kier alpha value is -1.56. The van der Waals surface area contributed by atoms with Crippen LogP contribution in [0.1, 0.15) is 39.0 Å². The highest BCUT2D eigenvalue weighted by molar-refractivity contribution is 5.46. The lowest BCUT2D eigenvalue weighted by molar-refractivity contribution is 0.606. The molecule has 0 radical (unpaired) electrons. The van der Waals surface area contributed by atoms with Crippen molar-refractivity contribution in [3.63, 3.8) is 0 Å². The molecule has 0 saturated heterocycles. The predicted octanol–water partition coefficient (Wildman–Crippen LogP) is 4.10. The molecule has 3 heteroatoms. The van der Waals surface area contributed by atoms with Crippen LogP contribution in [0.5, 0.6) is 0 Å². The first-order valence-electron chi connectivity index (χ1n) is 6.18. The number of anilines is 1. The summed E-state index contributed by atoms with van der Waals surface area (Å²) in [7, 11) is 0. The van der Waals surface area contributed by atoms with Crippen molar-refractivity contribution in [2.75, 3.05) is 5.32 Å². The lowest BCUT2D eigenvalue weighted by Gasteiger charge is -2.13. The molecule has 2 nitrogen and oxygen atoms in total. The molecule has 0 aliphatic carbocycles. The van der Waals surface area contributed by atoms with E-state index >= 15 is 0 Å². The topological polar surface area (TPSA) is 35.8 Å². The molecule has 0 saturated carbocycles. The van der Waals surface area contributed by atoms with Gasteiger partial charge in [-0.2, -0.15) is 5.26 Å². The van der Waals surface area contributed by atoms with Gasteiger partial charge in [0.25, 0.3) is 0 Å². The highest BCUT2D eigenvalue weighted by Gasteiger charge is 2.09. The number of rotatable bonds is 7. The fourth-order valence-electron chi connectivity index (χ4n) is 1.71. The van der Waals surface area contributed by atoms with Crippen LogP contribution in [0.15, 0.2) is 24.3 Å². The Morgan fingerprint density at radius 3 is 2.71 bits per heavy atom. The molecule has 0 heterocycles. The van der Waals surface area contributed by atoms with Crippen LogP contribution in [0, 0.1) is 17.1 Å². The van der Waals surface area contributed by atoms with Gasteiger partial charge in [-0.1, -0.05) is 44.7 Å². The van der Waals surface area contributed by atoms with Gasteiger partial charge in [-0.25, -0.2) is 4.39 Å². The summed E-state index contributed by atoms with van der Waals surface area (Å²) in [6.07, 6.45) is 5.28. The Labute approximate surface area is 102 Å². The van der Waals surface area contributed by atoms with Crippen molar-refractivity contribution in [3.8, 4) is 6.07 Å². The van der Waals surface area contributed by atoms with Gasteiger partial charge in [0.1, 0.15) is 11.9 Å². The first kappa shape index (κ1) is 13.5. The first-order chi connectivity index (χ1) is 8.27. The largest absolute Gasteiger partial charge is 0.367 e. The van der Waals surface area contributed by atoms with Gasteiger partial charge in [-0.3, -0.25) is 0 Å². The van der Waals surface area contributed by atoms with Gasteiger partial charge in [-0.15, -0.1) is 0 Å². The van der Waals surface area contributed by atoms with Gasteiger partial charge in [0.05, 0.1) is 11.8 Å². The van der Waals surface area contributed by atoms with Crippen molar-refractivity contribution in [3.05, 3.63) is 30.1 Å². The molecule has 92 valence electrons. The summed E-state index contributed by atoms with van der Waals surface area (Å²) in [6.45, 7) is 2.15. The van der Waals surface area contributed by atoms with Gasteiger partial charge in [0.15, 0.2) is 0 Å². The monoisotopic (exact) mass is 234 g/mol. The lowest BCUT2D eigenvalue weighted by atomic mass is 10.1. The van der Waals surface area contributed by atoms with E-state index in [9.17, 15) is 4.39 Å². The number of nitrogens with one attached hydrogen (secondary N) is 1. The zero-order valence-corrected chi connectivity index (χ0v) is 10.2. The van der Waals surface area contributed by atoms with Crippen LogP contribution in [0.4, 0.5) is 10.1 Å². The molecule has 1 atom stereocenters. The first-order valence-corrected chi connectivity index (χ1v) is 6.18. The summed E-state index contributed by atoms with van der Waals surface area (Å²) in [6, 6.07) is 8.33. The zero-order valence-electron chi connectivity index (χ0n) is 10.2. The van der Waals surface area contributed by atoms with Crippen LogP contribution in [0.3, 0.4) is 0 Å². The van der Waals surface area contributed by atoms with Crippen molar-refractivity contribution in [2.45, 2.75) is 45.1 Å². The molecule has 0 bridgehead atoms. The summed E-state index contributed by atoms with van der Waals surface area (Å²) < 4.78 is 13.4. The van der Waals surface area contributed by atoms with Crippen molar-refractivity contribution in [2.24, 2.45) is 0 Å². The molecule has 0 aliphatic heterocycles. The summed E-state index contributed by atoms with van der Waals surface area (Å²) in [5.74, 6) is -0.304. The second-order valence-corrected chi connectivity index (χ2v) is 4.16. The lowest BCUT2D eigenvalue weighted by Crippen LogP contribution is -2.17. The summed E-state index contributed by atoms with van der Waals surface area (Å²) >= 11 is 0. The Morgan fingerprint density at radius 1 is 1.29 bits per heavy atom. The molecule has 1 rings (SSSR count). The molecular formula is C14H19FN2. The zero-order chi connectivity index (χ0) is 12.5. The quantitative estimate of drug-likeness (QED) is 0.721. The van der Waals surface area contributed by atoms with E-state index in [0.29, 0.717) is 5.69 Å². The van der Waals surface area contributed by atoms with Crippen LogP contribution in [0.2, 0.25) is 0 Å². The standard InChI is InChI=1S/C14H19FN2/c1-2-3-4-5-8-12(11-16)17-14-10-7-6-9-13(14)15/h6-7,9-10,12,17H,2-5,8H2,1H3. The van der Waals surface area contributed by atoms with E-state index in [-0.39, 0.29) is 11.9 Å². The number of hydrogen-bond acceptors (Lipinski definition) is 2. The van der Waals surface area contributed by atoms with Crippen molar-refractivity contribution in [1.29, 1.82) is 5.26 Å². The molecule has 0 amide bonds. The third kappa shape index (κ3) is 4.86. The van der Waals surface area contributed by atoms with Crippen molar-refractivity contribution < 1.29 is 4.39 Å². The molecule has 0 aliphatic rings. The highest BCUT2D eigenvalue weighted by atomic mass is 19.1. The van der Waals surface area contributed by atoms with Gasteiger partial charge in [0, 0.05) is 0 Å². The number of nitriles is 1. The van der Waals surface area contributed by atoms with E-state index in [4.69, 9.17) is 5.26 Å². The molecular weight excluding hydrogens is 215 g/mol. The van der Waals surface area contributed by atoms with Crippen molar-refractivity contribution in [1.82, 2.24) is 0 Å². The Bertz CT molecular complexity index is 371. The Morgan fingerprint density at radius 2 is 2.06 bits per heavy atom. The molecule has 0 fully saturated rings. The minimum absolute atomic E-state index is 0.302. The van der Waals surface area contributed by atoms with Crippen molar-refractivity contribution >= 4 is 5.69 Å². The third-order valence-electron chi connectivity index (χ3n) is 2.71. The number of hydrogen-bond donors (Lipinski definition) is 1. The second kappa shape index (κ2) is 7.67. The number of halogens is 1. The molecule has 1 aromatic carbocycles. The summed E-state index contributed by atoms with van der Waals surface area (Å²) in [5, 5.41) is 11.9. The summed E-state index contributed by atoms with van der Waals surface area (Å²) in [5.41, 5.74) is 0.412. The predicted molar refractivity (Wildman–Crippen MR) is 68.2 cm³/mol. The molecule has 1 N–H and O–H groups in total.